The fourth-order valence-electron chi connectivity index (χ4n) is 2.32. The molecule has 0 aliphatic heterocycles. The molecule has 0 saturated heterocycles. The third kappa shape index (κ3) is 3.60. The van der Waals surface area contributed by atoms with Gasteiger partial charge in [0.05, 0.1) is 16.3 Å². The molecule has 0 radical (unpaired) electrons. The zero-order valence-corrected chi connectivity index (χ0v) is 14.0. The fraction of sp³-hybridized carbons (Fsp3) is 0.111. The van der Waals surface area contributed by atoms with Crippen LogP contribution in [0.4, 0.5) is 5.82 Å². The molecule has 0 fully saturated rings. The van der Waals surface area contributed by atoms with Gasteiger partial charge >= 0.3 is 0 Å². The Balaban J connectivity index is 1.99. The lowest BCUT2D eigenvalue weighted by molar-refractivity contribution is 0.594. The number of benzene rings is 2. The van der Waals surface area contributed by atoms with Gasteiger partial charge in [0, 0.05) is 18.7 Å². The van der Waals surface area contributed by atoms with Crippen molar-refractivity contribution in [3.63, 3.8) is 0 Å². The third-order valence-corrected chi connectivity index (χ3v) is 5.17. The lowest BCUT2D eigenvalue weighted by atomic mass is 10.2. The van der Waals surface area contributed by atoms with Gasteiger partial charge in [-0.25, -0.2) is 18.4 Å². The summed E-state index contributed by atoms with van der Waals surface area (Å²) in [5.74, 6) is 0.913. The van der Waals surface area contributed by atoms with E-state index >= 15 is 0 Å². The summed E-state index contributed by atoms with van der Waals surface area (Å²) in [6.07, 6.45) is 0. The summed E-state index contributed by atoms with van der Waals surface area (Å²) in [6.45, 7) is 0. The first-order valence-corrected chi connectivity index (χ1v) is 9.13. The molecule has 122 valence electrons. The summed E-state index contributed by atoms with van der Waals surface area (Å²) in [6, 6.07) is 19.5. The van der Waals surface area contributed by atoms with E-state index in [9.17, 15) is 8.42 Å². The Morgan fingerprint density at radius 2 is 1.54 bits per heavy atom. The normalized spacial score (nSPS) is 11.2. The highest BCUT2D eigenvalue weighted by atomic mass is 32.2. The van der Waals surface area contributed by atoms with E-state index in [1.807, 2.05) is 30.3 Å². The Kier molecular flexibility index (Phi) is 4.57. The maximum absolute atomic E-state index is 12.6. The molecule has 0 spiro atoms. The average molecular weight is 339 g/mol. The molecular weight excluding hydrogens is 322 g/mol. The van der Waals surface area contributed by atoms with E-state index in [1.54, 1.807) is 43.4 Å². The Bertz CT molecular complexity index is 927. The maximum Gasteiger partial charge on any atom is 0.184 e. The molecule has 3 rings (SSSR count). The number of anilines is 1. The number of sulfone groups is 1. The van der Waals surface area contributed by atoms with Crippen LogP contribution in [0.3, 0.4) is 0 Å². The SMILES string of the molecule is CNc1cc(CS(=O)(=O)c2ccccc2)nc(-c2ccccc2)n1. The standard InChI is InChI=1S/C18H17N3O2S/c1-19-17-12-15(13-24(22,23)16-10-6-3-7-11-16)20-18(21-17)14-8-4-2-5-9-14/h2-12H,13H2,1H3,(H,19,20,21). The number of nitrogens with one attached hydrogen (secondary N) is 1. The molecule has 24 heavy (non-hydrogen) atoms. The minimum absolute atomic E-state index is 0.173. The predicted molar refractivity (Wildman–Crippen MR) is 94.3 cm³/mol. The predicted octanol–water partition coefficient (Wildman–Crippen LogP) is 3.16. The second-order valence-electron chi connectivity index (χ2n) is 5.26. The molecule has 0 atom stereocenters. The van der Waals surface area contributed by atoms with Crippen LogP contribution in [0.2, 0.25) is 0 Å². The van der Waals surface area contributed by atoms with E-state index in [-0.39, 0.29) is 10.6 Å². The monoisotopic (exact) mass is 339 g/mol. The first-order chi connectivity index (χ1) is 11.6. The quantitative estimate of drug-likeness (QED) is 0.773. The first kappa shape index (κ1) is 16.1. The molecule has 1 aromatic heterocycles. The third-order valence-electron chi connectivity index (χ3n) is 3.51. The molecule has 0 amide bonds. The Morgan fingerprint density at radius 1 is 0.917 bits per heavy atom. The van der Waals surface area contributed by atoms with E-state index < -0.39 is 9.84 Å². The molecule has 0 aliphatic carbocycles. The van der Waals surface area contributed by atoms with E-state index in [1.165, 1.54) is 0 Å². The highest BCUT2D eigenvalue weighted by Crippen LogP contribution is 2.21. The van der Waals surface area contributed by atoms with Crippen LogP contribution in [-0.2, 0) is 15.6 Å². The molecule has 1 N–H and O–H groups in total. The van der Waals surface area contributed by atoms with Gasteiger partial charge in [-0.2, -0.15) is 0 Å². The Morgan fingerprint density at radius 3 is 2.17 bits per heavy atom. The molecule has 0 unspecified atom stereocenters. The summed E-state index contributed by atoms with van der Waals surface area (Å²) in [4.78, 5) is 9.13. The fourth-order valence-corrected chi connectivity index (χ4v) is 3.60. The van der Waals surface area contributed by atoms with Gasteiger partial charge in [0.2, 0.25) is 0 Å². The molecule has 0 bridgehead atoms. The molecule has 0 saturated carbocycles. The summed E-state index contributed by atoms with van der Waals surface area (Å²) in [7, 11) is -1.71. The molecule has 6 heteroatoms. The second kappa shape index (κ2) is 6.80. The van der Waals surface area contributed by atoms with Gasteiger partial charge in [0.25, 0.3) is 0 Å². The van der Waals surface area contributed by atoms with Crippen molar-refractivity contribution in [2.24, 2.45) is 0 Å². The van der Waals surface area contributed by atoms with Gasteiger partial charge in [-0.3, -0.25) is 0 Å². The average Bonchev–Trinajstić information content (AvgIpc) is 2.62. The van der Waals surface area contributed by atoms with Crippen molar-refractivity contribution in [1.29, 1.82) is 0 Å². The van der Waals surface area contributed by atoms with E-state index in [2.05, 4.69) is 15.3 Å². The Hall–Kier alpha value is -2.73. The number of rotatable bonds is 5. The molecule has 1 heterocycles. The second-order valence-corrected chi connectivity index (χ2v) is 7.25. The van der Waals surface area contributed by atoms with Crippen molar-refractivity contribution >= 4 is 15.7 Å². The van der Waals surface area contributed by atoms with Gasteiger partial charge in [0.1, 0.15) is 5.82 Å². The summed E-state index contributed by atoms with van der Waals surface area (Å²) in [5, 5.41) is 2.96. The van der Waals surface area contributed by atoms with Crippen LogP contribution in [-0.4, -0.2) is 25.4 Å². The van der Waals surface area contributed by atoms with E-state index in [0.717, 1.165) is 5.56 Å². The molecule has 5 nitrogen and oxygen atoms in total. The van der Waals surface area contributed by atoms with Crippen LogP contribution in [0.1, 0.15) is 5.69 Å². The number of hydrogen-bond acceptors (Lipinski definition) is 5. The Labute approximate surface area is 141 Å². The highest BCUT2D eigenvalue weighted by molar-refractivity contribution is 7.90. The minimum Gasteiger partial charge on any atom is -0.373 e. The number of hydrogen-bond donors (Lipinski definition) is 1. The number of aromatic nitrogens is 2. The lowest BCUT2D eigenvalue weighted by Gasteiger charge is -2.09. The summed E-state index contributed by atoms with van der Waals surface area (Å²) < 4.78 is 25.1. The van der Waals surface area contributed by atoms with Crippen molar-refractivity contribution in [1.82, 2.24) is 9.97 Å². The van der Waals surface area contributed by atoms with Crippen molar-refractivity contribution in [2.75, 3.05) is 12.4 Å². The van der Waals surface area contributed by atoms with Crippen LogP contribution >= 0.6 is 0 Å². The molecule has 0 aliphatic rings. The first-order valence-electron chi connectivity index (χ1n) is 7.47. The van der Waals surface area contributed by atoms with Crippen molar-refractivity contribution in [2.45, 2.75) is 10.6 Å². The lowest BCUT2D eigenvalue weighted by Crippen LogP contribution is -2.08. The topological polar surface area (TPSA) is 72.0 Å². The van der Waals surface area contributed by atoms with Gasteiger partial charge in [0.15, 0.2) is 15.7 Å². The smallest absolute Gasteiger partial charge is 0.184 e. The largest absolute Gasteiger partial charge is 0.373 e. The van der Waals surface area contributed by atoms with E-state index in [4.69, 9.17) is 0 Å². The highest BCUT2D eigenvalue weighted by Gasteiger charge is 2.17. The minimum atomic E-state index is -3.46. The molecule has 3 aromatic rings. The molecule has 2 aromatic carbocycles. The summed E-state index contributed by atoms with van der Waals surface area (Å²) >= 11 is 0. The van der Waals surface area contributed by atoms with Gasteiger partial charge in [-0.15, -0.1) is 0 Å². The van der Waals surface area contributed by atoms with Crippen LogP contribution in [0.5, 0.6) is 0 Å². The summed E-state index contributed by atoms with van der Waals surface area (Å²) in [5.41, 5.74) is 1.30. The van der Waals surface area contributed by atoms with Crippen LogP contribution in [0.15, 0.2) is 71.6 Å². The zero-order chi connectivity index (χ0) is 17.0. The zero-order valence-electron chi connectivity index (χ0n) is 13.2. The van der Waals surface area contributed by atoms with Crippen LogP contribution in [0.25, 0.3) is 11.4 Å². The van der Waals surface area contributed by atoms with E-state index in [0.29, 0.717) is 17.3 Å². The van der Waals surface area contributed by atoms with Gasteiger partial charge in [-0.1, -0.05) is 48.5 Å². The van der Waals surface area contributed by atoms with Crippen LogP contribution in [0, 0.1) is 0 Å². The van der Waals surface area contributed by atoms with Crippen molar-refractivity contribution in [3.8, 4) is 11.4 Å². The molecular formula is C18H17N3O2S. The van der Waals surface area contributed by atoms with Crippen molar-refractivity contribution < 1.29 is 8.42 Å². The van der Waals surface area contributed by atoms with Gasteiger partial charge < -0.3 is 5.32 Å². The number of nitrogens with zero attached hydrogens (tertiary/aromatic N) is 2. The van der Waals surface area contributed by atoms with Crippen LogP contribution < -0.4 is 5.32 Å². The van der Waals surface area contributed by atoms with Crippen molar-refractivity contribution in [3.05, 3.63) is 72.4 Å². The van der Waals surface area contributed by atoms with Gasteiger partial charge in [-0.05, 0) is 12.1 Å². The maximum atomic E-state index is 12.6.